The summed E-state index contributed by atoms with van der Waals surface area (Å²) in [5, 5.41) is 12.1. The Morgan fingerprint density at radius 1 is 1.12 bits per heavy atom. The van der Waals surface area contributed by atoms with Crippen LogP contribution in [0.5, 0.6) is 5.75 Å². The molecule has 4 rings (SSSR count). The quantitative estimate of drug-likeness (QED) is 0.352. The van der Waals surface area contributed by atoms with Gasteiger partial charge in [-0.2, -0.15) is 0 Å². The van der Waals surface area contributed by atoms with Crippen LogP contribution in [0, 0.1) is 17.0 Å². The molecule has 0 fully saturated rings. The van der Waals surface area contributed by atoms with E-state index in [-0.39, 0.29) is 29.4 Å². The minimum Gasteiger partial charge on any atom is -0.494 e. The molecular weight excluding hydrogens is 434 g/mol. The predicted molar refractivity (Wildman–Crippen MR) is 121 cm³/mol. The van der Waals surface area contributed by atoms with Gasteiger partial charge in [0.2, 0.25) is 0 Å². The highest BCUT2D eigenvalue weighted by Gasteiger charge is 2.20. The Labute approximate surface area is 190 Å². The lowest BCUT2D eigenvalue weighted by Gasteiger charge is -2.18. The lowest BCUT2D eigenvalue weighted by Crippen LogP contribution is -2.16. The second-order valence-corrected chi connectivity index (χ2v) is 7.90. The number of benzene rings is 2. The van der Waals surface area contributed by atoms with Gasteiger partial charge in [0.25, 0.3) is 0 Å². The van der Waals surface area contributed by atoms with Crippen molar-refractivity contribution in [1.82, 2.24) is 9.97 Å². The molecule has 2 aromatic carbocycles. The van der Waals surface area contributed by atoms with Gasteiger partial charge in [-0.05, 0) is 38.7 Å². The van der Waals surface area contributed by atoms with Crippen molar-refractivity contribution in [2.45, 2.75) is 39.2 Å². The van der Waals surface area contributed by atoms with Gasteiger partial charge in [0, 0.05) is 46.7 Å². The first kappa shape index (κ1) is 22.1. The van der Waals surface area contributed by atoms with Gasteiger partial charge in [0.1, 0.15) is 28.2 Å². The largest absolute Gasteiger partial charge is 0.494 e. The van der Waals surface area contributed by atoms with E-state index in [0.29, 0.717) is 23.0 Å². The summed E-state index contributed by atoms with van der Waals surface area (Å²) in [6.45, 7) is 1.97. The Bertz CT molecular complexity index is 1150. The number of anilines is 1. The van der Waals surface area contributed by atoms with Gasteiger partial charge in [-0.15, -0.1) is 0 Å². The smallest absolute Gasteiger partial charge is 0.179 e. The van der Waals surface area contributed by atoms with E-state index in [1.807, 2.05) is 0 Å². The van der Waals surface area contributed by atoms with Crippen LogP contribution in [0.4, 0.5) is 14.5 Å². The number of halogens is 3. The summed E-state index contributed by atoms with van der Waals surface area (Å²) in [7, 11) is 0. The van der Waals surface area contributed by atoms with Crippen LogP contribution in [0.1, 0.15) is 48.0 Å². The van der Waals surface area contributed by atoms with Crippen LogP contribution < -0.4 is 10.1 Å². The van der Waals surface area contributed by atoms with Gasteiger partial charge >= 0.3 is 0 Å². The van der Waals surface area contributed by atoms with Crippen molar-refractivity contribution in [3.05, 3.63) is 81.4 Å². The Hall–Kier alpha value is -3.06. The fourth-order valence-corrected chi connectivity index (χ4v) is 4.10. The molecule has 0 radical (unpaired) electrons. The zero-order valence-corrected chi connectivity index (χ0v) is 18.4. The molecular formula is C24H23ClF2N4O. The lowest BCUT2D eigenvalue weighted by atomic mass is 9.97. The molecule has 1 aliphatic rings. The Morgan fingerprint density at radius 2 is 1.84 bits per heavy atom. The Balaban J connectivity index is 1.59. The van der Waals surface area contributed by atoms with E-state index in [2.05, 4.69) is 15.3 Å². The van der Waals surface area contributed by atoms with Gasteiger partial charge in [-0.25, -0.2) is 18.7 Å². The highest BCUT2D eigenvalue weighted by molar-refractivity contribution is 6.30. The number of aromatic nitrogens is 2. The average Bonchev–Trinajstić information content (AvgIpc) is 2.78. The summed E-state index contributed by atoms with van der Waals surface area (Å²) in [4.78, 5) is 8.93. The SMILES string of the molecule is CCOc1cc(F)c(CNc2ccccc2C(=N)c2nc(Cl)c3c(n2)CCCC3)c(F)c1. The highest BCUT2D eigenvalue weighted by atomic mass is 35.5. The number of nitrogens with zero attached hydrogens (tertiary/aromatic N) is 2. The zero-order chi connectivity index (χ0) is 22.7. The summed E-state index contributed by atoms with van der Waals surface area (Å²) >= 11 is 6.37. The normalized spacial score (nSPS) is 12.9. The van der Waals surface area contributed by atoms with E-state index in [1.165, 1.54) is 12.1 Å². The third-order valence-electron chi connectivity index (χ3n) is 5.43. The number of hydrogen-bond donors (Lipinski definition) is 2. The van der Waals surface area contributed by atoms with Crippen LogP contribution in [0.15, 0.2) is 36.4 Å². The van der Waals surface area contributed by atoms with E-state index in [4.69, 9.17) is 21.7 Å². The minimum absolute atomic E-state index is 0.0935. The van der Waals surface area contributed by atoms with Gasteiger partial charge < -0.3 is 10.1 Å². The van der Waals surface area contributed by atoms with Crippen LogP contribution >= 0.6 is 11.6 Å². The fraction of sp³-hybridized carbons (Fsp3) is 0.292. The molecule has 1 aliphatic carbocycles. The molecule has 0 saturated carbocycles. The molecule has 0 aliphatic heterocycles. The summed E-state index contributed by atoms with van der Waals surface area (Å²) in [5.74, 6) is -1.00. The fourth-order valence-electron chi connectivity index (χ4n) is 3.82. The maximum absolute atomic E-state index is 14.4. The Kier molecular flexibility index (Phi) is 6.65. The van der Waals surface area contributed by atoms with Crippen molar-refractivity contribution in [3.63, 3.8) is 0 Å². The van der Waals surface area contributed by atoms with Gasteiger partial charge in [0.05, 0.1) is 6.61 Å². The van der Waals surface area contributed by atoms with Crippen molar-refractivity contribution in [3.8, 4) is 5.75 Å². The van der Waals surface area contributed by atoms with Crippen molar-refractivity contribution < 1.29 is 13.5 Å². The van der Waals surface area contributed by atoms with Crippen LogP contribution in [-0.2, 0) is 19.4 Å². The number of rotatable bonds is 7. The molecule has 2 N–H and O–H groups in total. The molecule has 32 heavy (non-hydrogen) atoms. The summed E-state index contributed by atoms with van der Waals surface area (Å²) < 4.78 is 34.0. The number of ether oxygens (including phenoxy) is 1. The van der Waals surface area contributed by atoms with Gasteiger partial charge in [0.15, 0.2) is 5.82 Å². The summed E-state index contributed by atoms with van der Waals surface area (Å²) in [5.41, 5.74) is 2.90. The second-order valence-electron chi connectivity index (χ2n) is 7.54. The second kappa shape index (κ2) is 9.61. The lowest BCUT2D eigenvalue weighted by molar-refractivity contribution is 0.335. The summed E-state index contributed by atoms with van der Waals surface area (Å²) in [6, 6.07) is 9.39. The molecule has 0 unspecified atom stereocenters. The first-order chi connectivity index (χ1) is 15.5. The van der Waals surface area contributed by atoms with E-state index < -0.39 is 11.6 Å². The predicted octanol–water partition coefficient (Wildman–Crippen LogP) is 5.71. The molecule has 5 nitrogen and oxygen atoms in total. The molecule has 166 valence electrons. The van der Waals surface area contributed by atoms with Crippen molar-refractivity contribution >= 4 is 23.0 Å². The van der Waals surface area contributed by atoms with Crippen molar-refractivity contribution in [1.29, 1.82) is 5.41 Å². The minimum atomic E-state index is -0.696. The molecule has 8 heteroatoms. The van der Waals surface area contributed by atoms with Gasteiger partial charge in [-0.1, -0.05) is 29.8 Å². The molecule has 0 saturated heterocycles. The summed E-state index contributed by atoms with van der Waals surface area (Å²) in [6.07, 6.45) is 3.75. The number of fused-ring (bicyclic) bond motifs is 1. The van der Waals surface area contributed by atoms with Crippen molar-refractivity contribution in [2.75, 3.05) is 11.9 Å². The van der Waals surface area contributed by atoms with E-state index in [0.717, 1.165) is 36.9 Å². The van der Waals surface area contributed by atoms with Crippen LogP contribution in [-0.4, -0.2) is 22.3 Å². The van der Waals surface area contributed by atoms with Crippen LogP contribution in [0.2, 0.25) is 5.15 Å². The Morgan fingerprint density at radius 3 is 2.59 bits per heavy atom. The average molecular weight is 457 g/mol. The molecule has 0 atom stereocenters. The zero-order valence-electron chi connectivity index (χ0n) is 17.6. The first-order valence-electron chi connectivity index (χ1n) is 10.6. The molecule has 0 amide bonds. The standard InChI is InChI=1S/C24H23ClF2N4O/c1-2-32-14-11-18(26)17(19(27)12-14)13-29-20-9-5-3-7-15(20)22(28)24-30-21-10-6-4-8-16(21)23(25)31-24/h3,5,7,9,11-12,28-29H,2,4,6,8,10,13H2,1H3. The molecule has 1 heterocycles. The van der Waals surface area contributed by atoms with E-state index >= 15 is 0 Å². The maximum Gasteiger partial charge on any atom is 0.179 e. The number of hydrogen-bond acceptors (Lipinski definition) is 5. The third kappa shape index (κ3) is 4.58. The number of para-hydroxylation sites is 1. The molecule has 0 bridgehead atoms. The number of nitrogens with one attached hydrogen (secondary N) is 2. The third-order valence-corrected chi connectivity index (χ3v) is 5.75. The van der Waals surface area contributed by atoms with Crippen molar-refractivity contribution in [2.24, 2.45) is 0 Å². The van der Waals surface area contributed by atoms with Crippen LogP contribution in [0.25, 0.3) is 0 Å². The topological polar surface area (TPSA) is 70.9 Å². The monoisotopic (exact) mass is 456 g/mol. The number of aryl methyl sites for hydroxylation is 1. The molecule has 1 aromatic heterocycles. The van der Waals surface area contributed by atoms with Crippen LogP contribution in [0.3, 0.4) is 0 Å². The maximum atomic E-state index is 14.4. The van der Waals surface area contributed by atoms with E-state index in [1.54, 1.807) is 31.2 Å². The van der Waals surface area contributed by atoms with E-state index in [9.17, 15) is 8.78 Å². The molecule has 0 spiro atoms. The molecule has 3 aromatic rings. The highest BCUT2D eigenvalue weighted by Crippen LogP contribution is 2.27. The first-order valence-corrected chi connectivity index (χ1v) is 10.9. The van der Waals surface area contributed by atoms with Gasteiger partial charge in [-0.3, -0.25) is 5.41 Å².